The highest BCUT2D eigenvalue weighted by Crippen LogP contribution is 2.47. The van der Waals surface area contributed by atoms with Crippen molar-refractivity contribution >= 4 is 40.5 Å². The van der Waals surface area contributed by atoms with Gasteiger partial charge in [0.05, 0.1) is 23.7 Å². The second-order valence-corrected chi connectivity index (χ2v) is 10.1. The lowest BCUT2D eigenvalue weighted by molar-refractivity contribution is -0.116. The summed E-state index contributed by atoms with van der Waals surface area (Å²) in [5.74, 6) is 0.664. The number of nitrogens with one attached hydrogen (secondary N) is 2. The molecule has 3 aromatic carbocycles. The molecule has 0 radical (unpaired) electrons. The van der Waals surface area contributed by atoms with E-state index in [2.05, 4.69) is 10.6 Å². The van der Waals surface area contributed by atoms with Crippen LogP contribution in [0, 0.1) is 6.92 Å². The zero-order valence-electron chi connectivity index (χ0n) is 20.8. The number of furan rings is 1. The number of carbonyl (C=O) groups is 2. The first-order chi connectivity index (χ1) is 18.5. The molecule has 0 unspecified atom stereocenters. The number of nitrogens with zero attached hydrogens (tertiary/aromatic N) is 1. The molecule has 7 heteroatoms. The Morgan fingerprint density at radius 2 is 1.74 bits per heavy atom. The molecule has 0 fully saturated rings. The molecule has 6 nitrogen and oxygen atoms in total. The number of halogens is 1. The lowest BCUT2D eigenvalue weighted by atomic mass is 9.80. The van der Waals surface area contributed by atoms with Crippen molar-refractivity contribution in [1.82, 2.24) is 0 Å². The van der Waals surface area contributed by atoms with Gasteiger partial charge in [0.15, 0.2) is 5.78 Å². The van der Waals surface area contributed by atoms with Gasteiger partial charge in [0.1, 0.15) is 5.76 Å². The Morgan fingerprint density at radius 3 is 2.47 bits per heavy atom. The third-order valence-electron chi connectivity index (χ3n) is 7.14. The maximum atomic E-state index is 14.1. The van der Waals surface area contributed by atoms with Crippen LogP contribution in [0.25, 0.3) is 0 Å². The van der Waals surface area contributed by atoms with Gasteiger partial charge in [0.25, 0.3) is 0 Å². The van der Waals surface area contributed by atoms with E-state index < -0.39 is 6.04 Å². The van der Waals surface area contributed by atoms with Crippen molar-refractivity contribution in [3.8, 4) is 0 Å². The van der Waals surface area contributed by atoms with Crippen LogP contribution in [0.1, 0.15) is 41.7 Å². The van der Waals surface area contributed by atoms with Gasteiger partial charge in [-0.15, -0.1) is 0 Å². The van der Waals surface area contributed by atoms with Gasteiger partial charge in [0.2, 0.25) is 0 Å². The summed E-state index contributed by atoms with van der Waals surface area (Å²) >= 11 is 6.23. The van der Waals surface area contributed by atoms with Gasteiger partial charge in [-0.05, 0) is 67.4 Å². The van der Waals surface area contributed by atoms with E-state index >= 15 is 0 Å². The average molecular weight is 524 g/mol. The molecule has 190 valence electrons. The first-order valence-electron chi connectivity index (χ1n) is 12.6. The van der Waals surface area contributed by atoms with Gasteiger partial charge in [0, 0.05) is 34.3 Å². The molecule has 0 saturated heterocycles. The highest BCUT2D eigenvalue weighted by atomic mass is 35.5. The largest absolute Gasteiger partial charge is 0.469 e. The number of para-hydroxylation sites is 2. The van der Waals surface area contributed by atoms with Crippen LogP contribution in [0.4, 0.5) is 21.9 Å². The molecule has 2 aliphatic rings. The van der Waals surface area contributed by atoms with Crippen molar-refractivity contribution in [2.24, 2.45) is 0 Å². The topological polar surface area (TPSA) is 74.6 Å². The number of benzene rings is 3. The number of fused-ring (bicyclic) bond motifs is 1. The van der Waals surface area contributed by atoms with Crippen LogP contribution < -0.4 is 15.5 Å². The van der Waals surface area contributed by atoms with Crippen LogP contribution >= 0.6 is 11.6 Å². The van der Waals surface area contributed by atoms with Crippen LogP contribution in [-0.2, 0) is 4.79 Å². The van der Waals surface area contributed by atoms with Gasteiger partial charge in [-0.25, -0.2) is 4.79 Å². The number of rotatable bonds is 3. The van der Waals surface area contributed by atoms with Crippen molar-refractivity contribution < 1.29 is 14.0 Å². The van der Waals surface area contributed by atoms with E-state index in [4.69, 9.17) is 16.0 Å². The molecule has 1 aromatic heterocycles. The molecule has 6 rings (SSSR count). The third kappa shape index (κ3) is 4.48. The Balaban J connectivity index is 1.51. The van der Waals surface area contributed by atoms with Crippen LogP contribution in [0.3, 0.4) is 0 Å². The smallest absolute Gasteiger partial charge is 0.327 e. The maximum Gasteiger partial charge on any atom is 0.327 e. The third-order valence-corrected chi connectivity index (χ3v) is 7.39. The molecule has 4 aromatic rings. The normalized spacial score (nSPS) is 18.8. The molecule has 0 spiro atoms. The Morgan fingerprint density at radius 1 is 0.974 bits per heavy atom. The van der Waals surface area contributed by atoms with E-state index in [-0.39, 0.29) is 17.7 Å². The van der Waals surface area contributed by atoms with E-state index in [0.29, 0.717) is 34.8 Å². The van der Waals surface area contributed by atoms with E-state index in [9.17, 15) is 9.59 Å². The molecule has 2 amide bonds. The lowest BCUT2D eigenvalue weighted by Crippen LogP contribution is -2.41. The summed E-state index contributed by atoms with van der Waals surface area (Å²) in [7, 11) is 0. The summed E-state index contributed by atoms with van der Waals surface area (Å²) in [5, 5.41) is 7.15. The van der Waals surface area contributed by atoms with Gasteiger partial charge in [-0.1, -0.05) is 53.6 Å². The van der Waals surface area contributed by atoms with E-state index in [1.807, 2.05) is 79.7 Å². The number of amides is 2. The van der Waals surface area contributed by atoms with Crippen molar-refractivity contribution in [3.05, 3.63) is 124 Å². The summed E-state index contributed by atoms with van der Waals surface area (Å²) in [5.41, 5.74) is 5.36. The number of ketones is 1. The van der Waals surface area contributed by atoms with Crippen LogP contribution in [0.5, 0.6) is 0 Å². The standard InChI is InChI=1S/C31H26ClN3O3/c1-19-8-14-23(15-9-19)33-31(37)35-26-6-3-2-5-24(26)34-25-17-21(28-7-4-16-38-28)18-27(36)29(25)30(35)20-10-12-22(32)13-11-20/h2-16,21,30,34H,17-18H2,1H3,(H,33,37)/t21-,30+/m0/s1. The minimum Gasteiger partial charge on any atom is -0.469 e. The summed E-state index contributed by atoms with van der Waals surface area (Å²) in [6.07, 6.45) is 2.51. The van der Waals surface area contributed by atoms with Crippen LogP contribution in [-0.4, -0.2) is 11.8 Å². The van der Waals surface area contributed by atoms with Crippen molar-refractivity contribution in [2.75, 3.05) is 15.5 Å². The van der Waals surface area contributed by atoms with Gasteiger partial charge in [-0.2, -0.15) is 0 Å². The predicted molar refractivity (Wildman–Crippen MR) is 150 cm³/mol. The van der Waals surface area contributed by atoms with Gasteiger partial charge < -0.3 is 15.1 Å². The molecule has 38 heavy (non-hydrogen) atoms. The summed E-state index contributed by atoms with van der Waals surface area (Å²) in [6.45, 7) is 2.00. The Bertz CT molecular complexity index is 1530. The van der Waals surface area contributed by atoms with Crippen LogP contribution in [0.2, 0.25) is 5.02 Å². The zero-order chi connectivity index (χ0) is 26.2. The molecule has 0 saturated carbocycles. The van der Waals surface area contributed by atoms with E-state index in [0.717, 1.165) is 28.3 Å². The number of carbonyl (C=O) groups excluding carboxylic acids is 2. The second-order valence-electron chi connectivity index (χ2n) is 9.70. The summed E-state index contributed by atoms with van der Waals surface area (Å²) in [4.78, 5) is 29.7. The fourth-order valence-corrected chi connectivity index (χ4v) is 5.45. The second kappa shape index (κ2) is 9.88. The van der Waals surface area contributed by atoms with Gasteiger partial charge in [-0.3, -0.25) is 9.69 Å². The minimum absolute atomic E-state index is 0.0268. The number of aryl methyl sites for hydroxylation is 1. The molecule has 2 atom stereocenters. The van der Waals surface area contributed by atoms with Crippen LogP contribution in [0.15, 0.2) is 107 Å². The molecule has 1 aliphatic carbocycles. The lowest BCUT2D eigenvalue weighted by Gasteiger charge is -2.34. The molecular weight excluding hydrogens is 498 g/mol. The number of hydrogen-bond donors (Lipinski definition) is 2. The number of hydrogen-bond acceptors (Lipinski definition) is 4. The number of Topliss-reactive ketones (excluding diaryl/α,β-unsaturated/α-hetero) is 1. The monoisotopic (exact) mass is 523 g/mol. The van der Waals surface area contributed by atoms with Crippen molar-refractivity contribution in [1.29, 1.82) is 0 Å². The zero-order valence-corrected chi connectivity index (χ0v) is 21.5. The first kappa shape index (κ1) is 24.1. The molecule has 0 bridgehead atoms. The highest BCUT2D eigenvalue weighted by Gasteiger charge is 2.42. The number of urea groups is 1. The number of anilines is 3. The van der Waals surface area contributed by atoms with E-state index in [1.165, 1.54) is 0 Å². The SMILES string of the molecule is Cc1ccc(NC(=O)N2c3ccccc3NC3=C(C(=O)C[C@@H](c4ccco4)C3)[C@H]2c2ccc(Cl)cc2)cc1. The Kier molecular flexibility index (Phi) is 6.26. The van der Waals surface area contributed by atoms with Gasteiger partial charge >= 0.3 is 6.03 Å². The van der Waals surface area contributed by atoms with E-state index in [1.54, 1.807) is 23.3 Å². The average Bonchev–Trinajstić information content (AvgIpc) is 3.41. The molecule has 1 aliphatic heterocycles. The number of allylic oxidation sites excluding steroid dienone is 1. The first-order valence-corrected chi connectivity index (χ1v) is 12.9. The predicted octanol–water partition coefficient (Wildman–Crippen LogP) is 7.85. The Labute approximate surface area is 225 Å². The molecule has 2 heterocycles. The minimum atomic E-state index is -0.658. The Hall–Kier alpha value is -4.29. The van der Waals surface area contributed by atoms with Crippen molar-refractivity contribution in [2.45, 2.75) is 31.7 Å². The molecular formula is C31H26ClN3O3. The fourth-order valence-electron chi connectivity index (χ4n) is 5.32. The molecule has 2 N–H and O–H groups in total. The highest BCUT2D eigenvalue weighted by molar-refractivity contribution is 6.30. The summed E-state index contributed by atoms with van der Waals surface area (Å²) < 4.78 is 5.67. The fraction of sp³-hybridized carbons (Fsp3) is 0.161. The quantitative estimate of drug-likeness (QED) is 0.287. The summed E-state index contributed by atoms with van der Waals surface area (Å²) in [6, 6.07) is 25.4. The van der Waals surface area contributed by atoms with Crippen molar-refractivity contribution in [3.63, 3.8) is 0 Å². The maximum absolute atomic E-state index is 14.1.